The molecular formula is C34H55N5O7S. The molecule has 5 atom stereocenters. The van der Waals surface area contributed by atoms with Crippen molar-refractivity contribution in [2.45, 2.75) is 117 Å². The number of amides is 5. The van der Waals surface area contributed by atoms with E-state index in [-0.39, 0.29) is 41.2 Å². The van der Waals surface area contributed by atoms with E-state index < -0.39 is 68.5 Å². The third-order valence-electron chi connectivity index (χ3n) is 10.8. The quantitative estimate of drug-likeness (QED) is 0.162. The van der Waals surface area contributed by atoms with E-state index in [1.165, 1.54) is 11.0 Å². The van der Waals surface area contributed by atoms with Crippen molar-refractivity contribution in [1.29, 1.82) is 0 Å². The van der Waals surface area contributed by atoms with Crippen LogP contribution in [0.2, 0.25) is 0 Å². The van der Waals surface area contributed by atoms with Gasteiger partial charge in [0, 0.05) is 18.8 Å². The molecule has 4 rings (SSSR count). The molecule has 3 saturated carbocycles. The fraction of sp³-hybridized carbons (Fsp3) is 0.794. The van der Waals surface area contributed by atoms with Crippen LogP contribution in [0.3, 0.4) is 0 Å². The number of hydrogen-bond donors (Lipinski definition) is 4. The van der Waals surface area contributed by atoms with Crippen molar-refractivity contribution < 1.29 is 32.4 Å². The zero-order valence-electron chi connectivity index (χ0n) is 28.9. The van der Waals surface area contributed by atoms with Gasteiger partial charge in [0.15, 0.2) is 9.84 Å². The molecule has 4 N–H and O–H groups in total. The summed E-state index contributed by atoms with van der Waals surface area (Å²) in [7, 11) is -3.38. The van der Waals surface area contributed by atoms with Gasteiger partial charge in [0.25, 0.3) is 5.91 Å². The van der Waals surface area contributed by atoms with Crippen molar-refractivity contribution in [2.24, 2.45) is 28.6 Å². The van der Waals surface area contributed by atoms with Crippen molar-refractivity contribution in [1.82, 2.24) is 26.2 Å². The van der Waals surface area contributed by atoms with E-state index in [0.717, 1.165) is 32.1 Å². The number of carbonyl (C=O) groups excluding carboxylic acids is 5. The highest BCUT2D eigenvalue weighted by Gasteiger charge is 2.70. The summed E-state index contributed by atoms with van der Waals surface area (Å²) in [4.78, 5) is 69.2. The van der Waals surface area contributed by atoms with Crippen LogP contribution in [-0.4, -0.2) is 91.1 Å². The van der Waals surface area contributed by atoms with Gasteiger partial charge in [-0.15, -0.1) is 6.58 Å². The zero-order chi connectivity index (χ0) is 34.9. The van der Waals surface area contributed by atoms with Crippen LogP contribution in [-0.2, 0) is 29.0 Å². The maximum Gasteiger partial charge on any atom is 0.315 e. The summed E-state index contributed by atoms with van der Waals surface area (Å²) in [5.41, 5.74) is -1.86. The summed E-state index contributed by atoms with van der Waals surface area (Å²) in [5.74, 6) is -2.41. The minimum Gasteiger partial charge on any atom is -0.346 e. The highest BCUT2D eigenvalue weighted by molar-refractivity contribution is 7.91. The van der Waals surface area contributed by atoms with Crippen molar-refractivity contribution in [3.05, 3.63) is 12.7 Å². The number of piperidine rings is 1. The highest BCUT2D eigenvalue weighted by atomic mass is 32.2. The Morgan fingerprint density at radius 1 is 1.02 bits per heavy atom. The van der Waals surface area contributed by atoms with Crippen LogP contribution < -0.4 is 21.3 Å². The molecule has 264 valence electrons. The van der Waals surface area contributed by atoms with Crippen LogP contribution in [0.15, 0.2) is 12.7 Å². The number of nitrogens with one attached hydrogen (secondary N) is 4. The largest absolute Gasteiger partial charge is 0.346 e. The van der Waals surface area contributed by atoms with E-state index in [1.54, 1.807) is 6.92 Å². The van der Waals surface area contributed by atoms with Gasteiger partial charge in [0.2, 0.25) is 17.6 Å². The van der Waals surface area contributed by atoms with E-state index in [0.29, 0.717) is 25.8 Å². The minimum absolute atomic E-state index is 0.0230. The van der Waals surface area contributed by atoms with Crippen LogP contribution in [0.4, 0.5) is 4.79 Å². The molecule has 0 bridgehead atoms. The van der Waals surface area contributed by atoms with Crippen LogP contribution in [0.5, 0.6) is 0 Å². The molecule has 0 radical (unpaired) electrons. The smallest absolute Gasteiger partial charge is 0.315 e. The van der Waals surface area contributed by atoms with Gasteiger partial charge in [-0.25, -0.2) is 13.2 Å². The summed E-state index contributed by atoms with van der Waals surface area (Å²) in [5, 5.41) is 11.2. The summed E-state index contributed by atoms with van der Waals surface area (Å²) in [6.45, 7) is 15.2. The standard InChI is InChI=1S/C34H55N5O7S/c1-8-17-35-29(42)26(40)23(18-21-13-14-21)36-28(41)25-24-22(33(24,6)7)19-39(25)30(43)27(32(3,4)5)37-31(44)38-34(15-11-10-12-16-34)20-47(45,46)9-2/h8,21-25,27H,1,9-20H2,2-7H3,(H,35,42)(H,36,41)(H2,37,38,44)/t22-,23?,24?,25-,27+/m0/s1. The normalized spacial score (nSPS) is 25.8. The Morgan fingerprint density at radius 3 is 2.21 bits per heavy atom. The molecule has 1 saturated heterocycles. The number of nitrogens with zero attached hydrogens (tertiary/aromatic N) is 1. The van der Waals surface area contributed by atoms with Crippen LogP contribution in [0.25, 0.3) is 0 Å². The summed E-state index contributed by atoms with van der Waals surface area (Å²) < 4.78 is 25.3. The maximum atomic E-state index is 14.4. The average Bonchev–Trinajstić information content (AvgIpc) is 3.84. The molecule has 4 aliphatic rings. The van der Waals surface area contributed by atoms with Crippen molar-refractivity contribution in [2.75, 3.05) is 24.6 Å². The van der Waals surface area contributed by atoms with Crippen LogP contribution >= 0.6 is 0 Å². The first-order valence-corrected chi connectivity index (χ1v) is 19.0. The van der Waals surface area contributed by atoms with Gasteiger partial charge >= 0.3 is 6.03 Å². The minimum atomic E-state index is -3.38. The number of carbonyl (C=O) groups is 5. The predicted octanol–water partition coefficient (Wildman–Crippen LogP) is 2.48. The molecule has 47 heavy (non-hydrogen) atoms. The number of urea groups is 1. The molecule has 0 spiro atoms. The number of fused-ring (bicyclic) bond motifs is 1. The number of sulfone groups is 1. The second-order valence-electron chi connectivity index (χ2n) is 15.9. The summed E-state index contributed by atoms with van der Waals surface area (Å²) >= 11 is 0. The summed E-state index contributed by atoms with van der Waals surface area (Å²) in [6.07, 6.45) is 7.29. The number of Topliss-reactive ketones (excluding diaryl/α,β-unsaturated/α-hetero) is 1. The first-order valence-electron chi connectivity index (χ1n) is 17.2. The van der Waals surface area contributed by atoms with Gasteiger partial charge in [-0.3, -0.25) is 19.2 Å². The lowest BCUT2D eigenvalue weighted by Crippen LogP contribution is -2.64. The molecule has 0 aromatic heterocycles. The Bertz CT molecular complexity index is 1360. The molecule has 3 aliphatic carbocycles. The number of ketones is 1. The lowest BCUT2D eigenvalue weighted by molar-refractivity contribution is -0.145. The van der Waals surface area contributed by atoms with Gasteiger partial charge in [0.1, 0.15) is 12.1 Å². The Morgan fingerprint density at radius 2 is 1.66 bits per heavy atom. The molecule has 5 amide bonds. The first-order chi connectivity index (χ1) is 21.9. The monoisotopic (exact) mass is 677 g/mol. The fourth-order valence-corrected chi connectivity index (χ4v) is 9.09. The predicted molar refractivity (Wildman–Crippen MR) is 179 cm³/mol. The highest BCUT2D eigenvalue weighted by Crippen LogP contribution is 2.65. The topological polar surface area (TPSA) is 171 Å². The molecule has 0 aromatic carbocycles. The zero-order valence-corrected chi connectivity index (χ0v) is 29.8. The molecule has 1 aliphatic heterocycles. The van der Waals surface area contributed by atoms with Gasteiger partial charge in [-0.2, -0.15) is 0 Å². The first kappa shape index (κ1) is 36.9. The Labute approximate surface area is 279 Å². The van der Waals surface area contributed by atoms with Crippen molar-refractivity contribution in [3.8, 4) is 0 Å². The van der Waals surface area contributed by atoms with Crippen LogP contribution in [0.1, 0.15) is 92.9 Å². The van der Waals surface area contributed by atoms with E-state index in [2.05, 4.69) is 41.7 Å². The Kier molecular flexibility index (Phi) is 10.9. The molecule has 12 nitrogen and oxygen atoms in total. The Hall–Kier alpha value is -2.96. The van der Waals surface area contributed by atoms with Gasteiger partial charge < -0.3 is 26.2 Å². The molecule has 13 heteroatoms. The molecule has 0 aromatic rings. The summed E-state index contributed by atoms with van der Waals surface area (Å²) in [6, 6.07) is -3.51. The number of hydrogen-bond acceptors (Lipinski definition) is 7. The molecule has 4 fully saturated rings. The van der Waals surface area contributed by atoms with Gasteiger partial charge in [-0.1, -0.05) is 79.7 Å². The van der Waals surface area contributed by atoms with E-state index in [1.807, 2.05) is 20.8 Å². The molecular weight excluding hydrogens is 622 g/mol. The van der Waals surface area contributed by atoms with Crippen molar-refractivity contribution in [3.63, 3.8) is 0 Å². The maximum absolute atomic E-state index is 14.4. The second kappa shape index (κ2) is 13.9. The van der Waals surface area contributed by atoms with E-state index in [9.17, 15) is 32.4 Å². The number of rotatable bonds is 14. The average molecular weight is 678 g/mol. The van der Waals surface area contributed by atoms with Crippen molar-refractivity contribution >= 4 is 39.4 Å². The number of likely N-dealkylation sites (tertiary alicyclic amines) is 1. The lowest BCUT2D eigenvalue weighted by Gasteiger charge is -2.40. The molecule has 1 heterocycles. The lowest BCUT2D eigenvalue weighted by atomic mass is 9.83. The fourth-order valence-electron chi connectivity index (χ4n) is 7.68. The van der Waals surface area contributed by atoms with E-state index in [4.69, 9.17) is 0 Å². The van der Waals surface area contributed by atoms with Gasteiger partial charge in [-0.05, 0) is 47.8 Å². The molecule has 2 unspecified atom stereocenters. The SMILES string of the molecule is C=CCNC(=O)C(=O)C(CC1CC1)NC(=O)[C@@H]1C2[C@H](CN1C(=O)[C@@H](NC(=O)NC1(CS(=O)(=O)CC)CCCCC1)C(C)(C)C)C2(C)C. The Balaban J connectivity index is 1.54. The second-order valence-corrected chi connectivity index (χ2v) is 18.3. The van der Waals surface area contributed by atoms with Gasteiger partial charge in [0.05, 0.1) is 17.3 Å². The third-order valence-corrected chi connectivity index (χ3v) is 12.7. The van der Waals surface area contributed by atoms with Crippen LogP contribution in [0, 0.1) is 28.6 Å². The third kappa shape index (κ3) is 8.56. The van der Waals surface area contributed by atoms with E-state index >= 15 is 0 Å².